The number of fused-ring (bicyclic) bond motifs is 3. The zero-order valence-electron chi connectivity index (χ0n) is 19.6. The Labute approximate surface area is 203 Å². The van der Waals surface area contributed by atoms with Gasteiger partial charge in [0.2, 0.25) is 5.91 Å². The Morgan fingerprint density at radius 3 is 2.51 bits per heavy atom. The third kappa shape index (κ3) is 4.61. The molecule has 35 heavy (non-hydrogen) atoms. The van der Waals surface area contributed by atoms with E-state index >= 15 is 0 Å². The van der Waals surface area contributed by atoms with Crippen LogP contribution in [0.3, 0.4) is 0 Å². The Bertz CT molecular complexity index is 1180. The number of hydrogen-bond acceptors (Lipinski definition) is 4. The van der Waals surface area contributed by atoms with E-state index in [9.17, 15) is 24.3 Å². The van der Waals surface area contributed by atoms with E-state index in [1.807, 2.05) is 6.07 Å². The molecule has 8 nitrogen and oxygen atoms in total. The predicted octanol–water partition coefficient (Wildman–Crippen LogP) is 3.29. The van der Waals surface area contributed by atoms with E-state index in [0.717, 1.165) is 43.4 Å². The van der Waals surface area contributed by atoms with Gasteiger partial charge in [0, 0.05) is 23.1 Å². The third-order valence-electron chi connectivity index (χ3n) is 7.89. The number of benzene rings is 1. The Kier molecular flexibility index (Phi) is 6.45. The number of Topliss-reactive ketones (excluding diaryl/α,β-unsaturated/α-hetero) is 1. The summed E-state index contributed by atoms with van der Waals surface area (Å²) in [4.78, 5) is 56.6. The minimum absolute atomic E-state index is 0.0129. The molecule has 3 aliphatic carbocycles. The zero-order valence-corrected chi connectivity index (χ0v) is 19.6. The number of aromatic amines is 1. The first-order chi connectivity index (χ1) is 16.9. The molecule has 3 N–H and O–H groups in total. The summed E-state index contributed by atoms with van der Waals surface area (Å²) in [5.41, 5.74) is 0.888. The molecule has 2 bridgehead atoms. The second kappa shape index (κ2) is 9.68. The summed E-state index contributed by atoms with van der Waals surface area (Å²) in [6.07, 6.45) is 12.2. The van der Waals surface area contributed by atoms with Crippen molar-refractivity contribution in [1.82, 2.24) is 15.2 Å². The largest absolute Gasteiger partial charge is 0.480 e. The molecule has 1 aromatic carbocycles. The van der Waals surface area contributed by atoms with Gasteiger partial charge in [0.25, 0.3) is 11.7 Å². The SMILES string of the molecule is O=C(O)CN(C(=O)C(=O)c1c[nH]c2ccccc12)C(C(=O)NC1CCCCC1)C1CC2C=CC1C2. The van der Waals surface area contributed by atoms with Crippen molar-refractivity contribution < 1.29 is 24.3 Å². The van der Waals surface area contributed by atoms with Gasteiger partial charge in [-0.25, -0.2) is 0 Å². The number of carboxylic acid groups (broad SMARTS) is 1. The van der Waals surface area contributed by atoms with E-state index < -0.39 is 30.2 Å². The number of allylic oxidation sites excluding steroid dienone is 2. The van der Waals surface area contributed by atoms with Crippen molar-refractivity contribution in [2.75, 3.05) is 6.54 Å². The minimum atomic E-state index is -1.25. The molecule has 1 heterocycles. The molecule has 5 rings (SSSR count). The fourth-order valence-corrected chi connectivity index (χ4v) is 6.23. The van der Waals surface area contributed by atoms with E-state index in [-0.39, 0.29) is 29.3 Å². The Morgan fingerprint density at radius 2 is 1.83 bits per heavy atom. The highest BCUT2D eigenvalue weighted by atomic mass is 16.4. The molecule has 184 valence electrons. The number of para-hydroxylation sites is 1. The summed E-state index contributed by atoms with van der Waals surface area (Å²) in [6, 6.07) is 6.14. The van der Waals surface area contributed by atoms with Gasteiger partial charge >= 0.3 is 5.97 Å². The summed E-state index contributed by atoms with van der Waals surface area (Å²) in [6.45, 7) is -0.701. The maximum Gasteiger partial charge on any atom is 0.323 e. The highest BCUT2D eigenvalue weighted by molar-refractivity contribution is 6.45. The average Bonchev–Trinajstić information content (AvgIpc) is 3.59. The van der Waals surface area contributed by atoms with Crippen molar-refractivity contribution in [3.63, 3.8) is 0 Å². The molecule has 2 aromatic rings. The fraction of sp³-hybridized carbons (Fsp3) is 0.481. The predicted molar refractivity (Wildman–Crippen MR) is 130 cm³/mol. The van der Waals surface area contributed by atoms with Crippen LogP contribution >= 0.6 is 0 Å². The highest BCUT2D eigenvalue weighted by Crippen LogP contribution is 2.46. The number of carboxylic acids is 1. The molecule has 1 aromatic heterocycles. The van der Waals surface area contributed by atoms with Crippen molar-refractivity contribution in [1.29, 1.82) is 0 Å². The summed E-state index contributed by atoms with van der Waals surface area (Å²) in [5.74, 6) is -3.16. The van der Waals surface area contributed by atoms with Crippen LogP contribution in [0.4, 0.5) is 0 Å². The van der Waals surface area contributed by atoms with E-state index in [1.54, 1.807) is 18.2 Å². The topological polar surface area (TPSA) is 120 Å². The van der Waals surface area contributed by atoms with Crippen LogP contribution in [0.15, 0.2) is 42.6 Å². The molecule has 2 fully saturated rings. The molecular formula is C27H31N3O5. The number of hydrogen-bond donors (Lipinski definition) is 3. The first-order valence-corrected chi connectivity index (χ1v) is 12.5. The van der Waals surface area contributed by atoms with Gasteiger partial charge in [-0.3, -0.25) is 19.2 Å². The molecule has 2 saturated carbocycles. The average molecular weight is 478 g/mol. The van der Waals surface area contributed by atoms with Crippen LogP contribution in [0, 0.1) is 17.8 Å². The number of carbonyl (C=O) groups is 4. The lowest BCUT2D eigenvalue weighted by Crippen LogP contribution is -2.58. The van der Waals surface area contributed by atoms with Gasteiger partial charge in [-0.1, -0.05) is 49.6 Å². The van der Waals surface area contributed by atoms with Gasteiger partial charge in [-0.05, 0) is 49.5 Å². The normalized spacial score (nSPS) is 24.4. The summed E-state index contributed by atoms with van der Waals surface area (Å²) in [7, 11) is 0. The molecule has 4 atom stereocenters. The monoisotopic (exact) mass is 477 g/mol. The van der Waals surface area contributed by atoms with Crippen LogP contribution in [-0.4, -0.2) is 57.2 Å². The van der Waals surface area contributed by atoms with Crippen molar-refractivity contribution in [3.05, 3.63) is 48.2 Å². The number of H-pyrrole nitrogens is 1. The smallest absolute Gasteiger partial charge is 0.323 e. The van der Waals surface area contributed by atoms with E-state index in [4.69, 9.17) is 0 Å². The van der Waals surface area contributed by atoms with Gasteiger partial charge in [-0.15, -0.1) is 0 Å². The Morgan fingerprint density at radius 1 is 1.06 bits per heavy atom. The molecular weight excluding hydrogens is 446 g/mol. The number of nitrogens with zero attached hydrogens (tertiary/aromatic N) is 1. The summed E-state index contributed by atoms with van der Waals surface area (Å²) < 4.78 is 0. The minimum Gasteiger partial charge on any atom is -0.480 e. The molecule has 3 aliphatic rings. The van der Waals surface area contributed by atoms with Crippen molar-refractivity contribution in [2.24, 2.45) is 17.8 Å². The van der Waals surface area contributed by atoms with E-state index in [2.05, 4.69) is 22.5 Å². The standard InChI is InChI=1S/C27H31N3O5/c31-23(32)15-30(27(35)25(33)21-14-28-22-9-5-4-8-19(21)22)24(20-13-16-10-11-17(20)12-16)26(34)29-18-6-2-1-3-7-18/h4-5,8-11,14,16-18,20,24,28H,1-3,6-7,12-13,15H2,(H,29,34)(H,31,32). The number of ketones is 1. The summed E-state index contributed by atoms with van der Waals surface area (Å²) >= 11 is 0. The maximum atomic E-state index is 13.7. The number of aliphatic carboxylic acids is 1. The van der Waals surface area contributed by atoms with E-state index in [0.29, 0.717) is 23.2 Å². The fourth-order valence-electron chi connectivity index (χ4n) is 6.23. The first kappa shape index (κ1) is 23.3. The number of nitrogens with one attached hydrogen (secondary N) is 2. The van der Waals surface area contributed by atoms with Crippen molar-refractivity contribution in [2.45, 2.75) is 57.0 Å². The number of amides is 2. The maximum absolute atomic E-state index is 13.7. The van der Waals surface area contributed by atoms with Crippen LogP contribution in [0.1, 0.15) is 55.3 Å². The number of carbonyl (C=O) groups excluding carboxylic acids is 3. The number of rotatable bonds is 8. The molecule has 0 radical (unpaired) electrons. The third-order valence-corrected chi connectivity index (χ3v) is 7.89. The lowest BCUT2D eigenvalue weighted by molar-refractivity contribution is -0.148. The van der Waals surface area contributed by atoms with Crippen LogP contribution in [-0.2, 0) is 14.4 Å². The molecule has 8 heteroatoms. The lowest BCUT2D eigenvalue weighted by atomic mass is 9.84. The molecule has 0 aliphatic heterocycles. The highest BCUT2D eigenvalue weighted by Gasteiger charge is 2.48. The van der Waals surface area contributed by atoms with E-state index in [1.165, 1.54) is 6.20 Å². The van der Waals surface area contributed by atoms with Crippen LogP contribution in [0.2, 0.25) is 0 Å². The second-order valence-corrected chi connectivity index (χ2v) is 10.1. The zero-order chi connectivity index (χ0) is 24.5. The lowest BCUT2D eigenvalue weighted by Gasteiger charge is -2.37. The number of aromatic nitrogens is 1. The Hall–Kier alpha value is -3.42. The Balaban J connectivity index is 1.47. The molecule has 0 saturated heterocycles. The van der Waals surface area contributed by atoms with Gasteiger partial charge in [0.1, 0.15) is 12.6 Å². The van der Waals surface area contributed by atoms with Gasteiger partial charge < -0.3 is 20.3 Å². The van der Waals surface area contributed by atoms with Crippen LogP contribution < -0.4 is 5.32 Å². The van der Waals surface area contributed by atoms with Gasteiger partial charge in [0.05, 0.1) is 5.56 Å². The van der Waals surface area contributed by atoms with Gasteiger partial charge in [-0.2, -0.15) is 0 Å². The van der Waals surface area contributed by atoms with Crippen LogP contribution in [0.25, 0.3) is 10.9 Å². The molecule has 2 amide bonds. The van der Waals surface area contributed by atoms with Crippen LogP contribution in [0.5, 0.6) is 0 Å². The first-order valence-electron chi connectivity index (χ1n) is 12.5. The molecule has 0 spiro atoms. The second-order valence-electron chi connectivity index (χ2n) is 10.1. The summed E-state index contributed by atoms with van der Waals surface area (Å²) in [5, 5.41) is 13.4. The quantitative estimate of drug-likeness (QED) is 0.306. The van der Waals surface area contributed by atoms with Crippen molar-refractivity contribution in [3.8, 4) is 0 Å². The molecule has 4 unspecified atom stereocenters. The van der Waals surface area contributed by atoms with Crippen molar-refractivity contribution >= 4 is 34.5 Å². The van der Waals surface area contributed by atoms with Gasteiger partial charge in [0.15, 0.2) is 0 Å².